The van der Waals surface area contributed by atoms with Crippen molar-refractivity contribution in [2.24, 2.45) is 0 Å². The highest BCUT2D eigenvalue weighted by Gasteiger charge is 2.43. The average molecular weight is 555 g/mol. The van der Waals surface area contributed by atoms with E-state index in [0.29, 0.717) is 0 Å². The van der Waals surface area contributed by atoms with Crippen molar-refractivity contribution < 1.29 is 63.8 Å². The predicted molar refractivity (Wildman–Crippen MR) is 130 cm³/mol. The second-order valence-corrected chi connectivity index (χ2v) is 11.5. The third kappa shape index (κ3) is 9.26. The second-order valence-electron chi connectivity index (χ2n) is 11.5. The molecular formula is C25H46O13. The molecule has 12 unspecified atom stereocenters. The van der Waals surface area contributed by atoms with Crippen LogP contribution >= 0.6 is 0 Å². The van der Waals surface area contributed by atoms with Crippen LogP contribution in [-0.2, 0) is 33.2 Å². The topological polar surface area (TPSA) is 186 Å². The molecule has 0 radical (unpaired) electrons. The van der Waals surface area contributed by atoms with Crippen molar-refractivity contribution in [3.8, 4) is 0 Å². The first kappa shape index (κ1) is 32.0. The summed E-state index contributed by atoms with van der Waals surface area (Å²) in [5.74, 6) is 0. The van der Waals surface area contributed by atoms with Gasteiger partial charge in [-0.15, -0.1) is 0 Å². The third-order valence-corrected chi connectivity index (χ3v) is 6.58. The van der Waals surface area contributed by atoms with Gasteiger partial charge in [0.15, 0.2) is 18.9 Å². The SMILES string of the molecule is CC(C)OCC1OC(OCC2OC(OCC3OC(OC(C)(C)C)CC(O)C3O)CC(O)C2O)CC(O)C1O. The first-order valence-corrected chi connectivity index (χ1v) is 13.3. The number of aliphatic hydroxyl groups excluding tert-OH is 6. The second kappa shape index (κ2) is 13.9. The lowest BCUT2D eigenvalue weighted by atomic mass is 10.0. The fourth-order valence-electron chi connectivity index (χ4n) is 4.54. The molecule has 0 amide bonds. The fourth-order valence-corrected chi connectivity index (χ4v) is 4.54. The van der Waals surface area contributed by atoms with Gasteiger partial charge in [-0.2, -0.15) is 0 Å². The normalized spacial score (nSPS) is 42.9. The Kier molecular flexibility index (Phi) is 11.7. The molecule has 38 heavy (non-hydrogen) atoms. The number of hydrogen-bond donors (Lipinski definition) is 6. The van der Waals surface area contributed by atoms with Crippen LogP contribution in [0.4, 0.5) is 0 Å². The molecule has 12 atom stereocenters. The minimum absolute atomic E-state index is 0.00167. The lowest BCUT2D eigenvalue weighted by Crippen LogP contribution is -2.55. The Balaban J connectivity index is 1.51. The number of aliphatic hydroxyl groups is 6. The first-order valence-electron chi connectivity index (χ1n) is 13.3. The maximum absolute atomic E-state index is 10.4. The highest BCUT2D eigenvalue weighted by molar-refractivity contribution is 4.87. The molecule has 3 fully saturated rings. The summed E-state index contributed by atoms with van der Waals surface area (Å²) in [5.41, 5.74) is -0.518. The molecule has 0 spiro atoms. The van der Waals surface area contributed by atoms with Gasteiger partial charge in [0.1, 0.15) is 36.6 Å². The Bertz CT molecular complexity index is 703. The van der Waals surface area contributed by atoms with Gasteiger partial charge in [0.25, 0.3) is 0 Å². The van der Waals surface area contributed by atoms with E-state index in [4.69, 9.17) is 33.2 Å². The van der Waals surface area contributed by atoms with E-state index in [1.54, 1.807) is 0 Å². The summed E-state index contributed by atoms with van der Waals surface area (Å²) in [6.45, 7) is 8.96. The Morgan fingerprint density at radius 3 is 1.39 bits per heavy atom. The molecule has 3 heterocycles. The Morgan fingerprint density at radius 2 is 1.00 bits per heavy atom. The maximum atomic E-state index is 10.4. The highest BCUT2D eigenvalue weighted by atomic mass is 16.7. The third-order valence-electron chi connectivity index (χ3n) is 6.58. The van der Waals surface area contributed by atoms with Crippen LogP contribution in [-0.4, -0.2) is 136 Å². The standard InChI is InChI=1S/C25H46O13/c1-12(2)32-9-16-22(29)13(26)6-19(35-16)33-10-17-23(30)14(27)7-20(36-17)34-11-18-24(31)15(28)8-21(37-18)38-25(3,4)5/h12-24,26-31H,6-11H2,1-5H3. The Hall–Kier alpha value is -0.520. The van der Waals surface area contributed by atoms with E-state index in [1.807, 2.05) is 34.6 Å². The van der Waals surface area contributed by atoms with Gasteiger partial charge in [0.05, 0.1) is 49.8 Å². The van der Waals surface area contributed by atoms with Crippen LogP contribution in [0.15, 0.2) is 0 Å². The van der Waals surface area contributed by atoms with E-state index in [1.165, 1.54) is 0 Å². The van der Waals surface area contributed by atoms with E-state index in [9.17, 15) is 30.6 Å². The van der Waals surface area contributed by atoms with Crippen LogP contribution in [0.5, 0.6) is 0 Å². The van der Waals surface area contributed by atoms with Crippen LogP contribution in [0.2, 0.25) is 0 Å². The molecule has 0 aliphatic carbocycles. The number of hydrogen-bond acceptors (Lipinski definition) is 13. The molecule has 224 valence electrons. The molecule has 3 aliphatic rings. The van der Waals surface area contributed by atoms with Crippen molar-refractivity contribution >= 4 is 0 Å². The molecule has 3 rings (SSSR count). The maximum Gasteiger partial charge on any atom is 0.161 e. The minimum Gasteiger partial charge on any atom is -0.390 e. The van der Waals surface area contributed by atoms with Gasteiger partial charge in [-0.3, -0.25) is 0 Å². The number of ether oxygens (including phenoxy) is 7. The Morgan fingerprint density at radius 1 is 0.632 bits per heavy atom. The molecule has 0 aromatic heterocycles. The van der Waals surface area contributed by atoms with Gasteiger partial charge >= 0.3 is 0 Å². The summed E-state index contributed by atoms with van der Waals surface area (Å²) in [7, 11) is 0. The predicted octanol–water partition coefficient (Wildman–Crippen LogP) is -1.23. The van der Waals surface area contributed by atoms with Gasteiger partial charge in [-0.25, -0.2) is 0 Å². The van der Waals surface area contributed by atoms with Crippen molar-refractivity contribution in [2.45, 2.75) is 139 Å². The van der Waals surface area contributed by atoms with Crippen molar-refractivity contribution in [1.29, 1.82) is 0 Å². The van der Waals surface area contributed by atoms with Crippen LogP contribution in [0.25, 0.3) is 0 Å². The van der Waals surface area contributed by atoms with Crippen molar-refractivity contribution in [2.75, 3.05) is 19.8 Å². The van der Waals surface area contributed by atoms with Gasteiger partial charge < -0.3 is 63.8 Å². The van der Waals surface area contributed by atoms with Crippen LogP contribution < -0.4 is 0 Å². The lowest BCUT2D eigenvalue weighted by molar-refractivity contribution is -0.311. The molecule has 3 saturated heterocycles. The number of rotatable bonds is 10. The van der Waals surface area contributed by atoms with E-state index < -0.39 is 79.4 Å². The summed E-state index contributed by atoms with van der Waals surface area (Å²) in [4.78, 5) is 0. The summed E-state index contributed by atoms with van der Waals surface area (Å²) >= 11 is 0. The quantitative estimate of drug-likeness (QED) is 0.189. The monoisotopic (exact) mass is 554 g/mol. The summed E-state index contributed by atoms with van der Waals surface area (Å²) < 4.78 is 40.0. The van der Waals surface area contributed by atoms with Crippen LogP contribution in [0, 0.1) is 0 Å². The van der Waals surface area contributed by atoms with Crippen molar-refractivity contribution in [3.05, 3.63) is 0 Å². The zero-order valence-electron chi connectivity index (χ0n) is 22.8. The summed E-state index contributed by atoms with van der Waals surface area (Å²) in [5, 5.41) is 61.8. The van der Waals surface area contributed by atoms with Crippen LogP contribution in [0.1, 0.15) is 53.9 Å². The molecule has 13 heteroatoms. The molecule has 3 aliphatic heterocycles. The summed E-state index contributed by atoms with van der Waals surface area (Å²) in [6.07, 6.45) is -12.2. The first-order chi connectivity index (χ1) is 17.7. The lowest BCUT2D eigenvalue weighted by Gasteiger charge is -2.41. The smallest absolute Gasteiger partial charge is 0.161 e. The average Bonchev–Trinajstić information content (AvgIpc) is 2.81. The fraction of sp³-hybridized carbons (Fsp3) is 1.00. The molecule has 6 N–H and O–H groups in total. The van der Waals surface area contributed by atoms with E-state index >= 15 is 0 Å². The van der Waals surface area contributed by atoms with Crippen molar-refractivity contribution in [1.82, 2.24) is 0 Å². The largest absolute Gasteiger partial charge is 0.390 e. The van der Waals surface area contributed by atoms with Gasteiger partial charge in [0, 0.05) is 19.3 Å². The van der Waals surface area contributed by atoms with Crippen LogP contribution in [0.3, 0.4) is 0 Å². The van der Waals surface area contributed by atoms with Gasteiger partial charge in [0.2, 0.25) is 0 Å². The molecule has 0 aromatic rings. The van der Waals surface area contributed by atoms with Gasteiger partial charge in [-0.1, -0.05) is 0 Å². The molecule has 0 aromatic carbocycles. The van der Waals surface area contributed by atoms with E-state index in [2.05, 4.69) is 0 Å². The molecular weight excluding hydrogens is 508 g/mol. The summed E-state index contributed by atoms with van der Waals surface area (Å²) in [6, 6.07) is 0. The van der Waals surface area contributed by atoms with E-state index in [-0.39, 0.29) is 45.2 Å². The molecule has 13 nitrogen and oxygen atoms in total. The molecule has 0 bridgehead atoms. The van der Waals surface area contributed by atoms with E-state index in [0.717, 1.165) is 0 Å². The molecule has 0 saturated carbocycles. The van der Waals surface area contributed by atoms with Crippen molar-refractivity contribution in [3.63, 3.8) is 0 Å². The zero-order chi connectivity index (χ0) is 28.2. The Labute approximate surface area is 223 Å². The van der Waals surface area contributed by atoms with Gasteiger partial charge in [-0.05, 0) is 34.6 Å². The minimum atomic E-state index is -1.27. The highest BCUT2D eigenvalue weighted by Crippen LogP contribution is 2.28. The zero-order valence-corrected chi connectivity index (χ0v) is 22.8.